The molecule has 0 aliphatic rings. The van der Waals surface area contributed by atoms with Crippen LogP contribution in [0.25, 0.3) is 6.08 Å². The summed E-state index contributed by atoms with van der Waals surface area (Å²) >= 11 is 5.78. The van der Waals surface area contributed by atoms with Crippen molar-refractivity contribution in [2.45, 2.75) is 6.61 Å². The molecule has 0 spiro atoms. The highest BCUT2D eigenvalue weighted by atomic mass is 35.5. The molecule has 2 aromatic carbocycles. The molecule has 23 heavy (non-hydrogen) atoms. The molecule has 0 fully saturated rings. The Bertz CT molecular complexity index is 712. The Morgan fingerprint density at radius 3 is 2.43 bits per heavy atom. The van der Waals surface area contributed by atoms with E-state index in [1.54, 1.807) is 30.3 Å². The molecular weight excluding hydrogens is 326 g/mol. The Balaban J connectivity index is 2.17. The van der Waals surface area contributed by atoms with E-state index in [1.807, 2.05) is 0 Å². The molecule has 0 saturated carbocycles. The summed E-state index contributed by atoms with van der Waals surface area (Å²) in [7, 11) is 1.31. The highest BCUT2D eigenvalue weighted by Crippen LogP contribution is 2.29. The second-order valence-corrected chi connectivity index (χ2v) is 4.93. The lowest BCUT2D eigenvalue weighted by Crippen LogP contribution is -2.04. The van der Waals surface area contributed by atoms with Crippen LogP contribution in [0.2, 0.25) is 5.02 Å². The number of hydrogen-bond donors (Lipinski definition) is 0. The summed E-state index contributed by atoms with van der Waals surface area (Å²) in [6, 6.07) is 11.0. The van der Waals surface area contributed by atoms with E-state index >= 15 is 0 Å². The number of hydrogen-bond acceptors (Lipinski definition) is 3. The van der Waals surface area contributed by atoms with Gasteiger partial charge in [-0.1, -0.05) is 29.8 Å². The fraction of sp³-hybridized carbons (Fsp3) is 0.118. The molecule has 0 aliphatic carbocycles. The molecule has 120 valence electrons. The number of ether oxygens (including phenoxy) is 2. The minimum Gasteiger partial charge on any atom is -0.493 e. The molecule has 3 nitrogen and oxygen atoms in total. The number of carbonyl (C=O) groups excluding carboxylic acids is 1. The summed E-state index contributed by atoms with van der Waals surface area (Å²) in [5, 5.41) is 0.604. The number of methoxy groups -OCH3 is 1. The number of alkyl halides is 2. The molecule has 0 heterocycles. The van der Waals surface area contributed by atoms with Crippen LogP contribution in [0.15, 0.2) is 48.5 Å². The average Bonchev–Trinajstić information content (AvgIpc) is 2.54. The van der Waals surface area contributed by atoms with E-state index in [0.29, 0.717) is 10.6 Å². The number of benzene rings is 2. The normalized spacial score (nSPS) is 11.0. The summed E-state index contributed by atoms with van der Waals surface area (Å²) in [5.74, 6) is -0.348. The van der Waals surface area contributed by atoms with Gasteiger partial charge in [-0.3, -0.25) is 4.79 Å². The minimum absolute atomic E-state index is 0.0658. The van der Waals surface area contributed by atoms with Crippen LogP contribution in [0.5, 0.6) is 11.5 Å². The number of allylic oxidation sites excluding steroid dienone is 1. The molecule has 2 rings (SSSR count). The fourth-order valence-corrected chi connectivity index (χ4v) is 1.98. The Kier molecular flexibility index (Phi) is 5.71. The molecule has 2 aromatic rings. The predicted molar refractivity (Wildman–Crippen MR) is 84.4 cm³/mol. The van der Waals surface area contributed by atoms with E-state index in [1.165, 1.54) is 31.4 Å². The molecule has 0 aliphatic heterocycles. The molecule has 0 amide bonds. The van der Waals surface area contributed by atoms with Gasteiger partial charge in [0, 0.05) is 10.6 Å². The van der Waals surface area contributed by atoms with Gasteiger partial charge in [0.15, 0.2) is 17.3 Å². The van der Waals surface area contributed by atoms with Crippen molar-refractivity contribution in [2.75, 3.05) is 7.11 Å². The monoisotopic (exact) mass is 338 g/mol. The summed E-state index contributed by atoms with van der Waals surface area (Å²) in [6.07, 6.45) is 3.01. The summed E-state index contributed by atoms with van der Waals surface area (Å²) in [5.41, 5.74) is 1.11. The van der Waals surface area contributed by atoms with Crippen LogP contribution in [0.3, 0.4) is 0 Å². The van der Waals surface area contributed by atoms with E-state index < -0.39 is 6.61 Å². The van der Waals surface area contributed by atoms with Crippen LogP contribution < -0.4 is 9.47 Å². The van der Waals surface area contributed by atoms with Gasteiger partial charge in [-0.05, 0) is 42.0 Å². The quantitative estimate of drug-likeness (QED) is 0.558. The van der Waals surface area contributed by atoms with Crippen molar-refractivity contribution in [1.29, 1.82) is 0 Å². The van der Waals surface area contributed by atoms with Crippen molar-refractivity contribution in [3.8, 4) is 11.5 Å². The number of ketones is 1. The first kappa shape index (κ1) is 17.0. The van der Waals surface area contributed by atoms with Gasteiger partial charge < -0.3 is 9.47 Å². The van der Waals surface area contributed by atoms with Crippen molar-refractivity contribution < 1.29 is 23.0 Å². The van der Waals surface area contributed by atoms with Crippen LogP contribution in [-0.2, 0) is 0 Å². The maximum Gasteiger partial charge on any atom is 0.387 e. The van der Waals surface area contributed by atoms with E-state index in [4.69, 9.17) is 16.3 Å². The van der Waals surface area contributed by atoms with Gasteiger partial charge in [-0.25, -0.2) is 0 Å². The number of carbonyl (C=O) groups is 1. The number of halogens is 3. The van der Waals surface area contributed by atoms with Crippen LogP contribution in [0.1, 0.15) is 15.9 Å². The van der Waals surface area contributed by atoms with Gasteiger partial charge in [0.1, 0.15) is 0 Å². The SMILES string of the molecule is COc1cc(C(=O)C=Cc2ccc(Cl)cc2)ccc1OC(F)F. The zero-order valence-electron chi connectivity index (χ0n) is 12.1. The molecule has 0 N–H and O–H groups in total. The van der Waals surface area contributed by atoms with E-state index in [-0.39, 0.29) is 17.3 Å². The highest BCUT2D eigenvalue weighted by Gasteiger charge is 2.13. The largest absolute Gasteiger partial charge is 0.493 e. The van der Waals surface area contributed by atoms with Gasteiger partial charge >= 0.3 is 6.61 Å². The van der Waals surface area contributed by atoms with Gasteiger partial charge in [-0.2, -0.15) is 8.78 Å². The lowest BCUT2D eigenvalue weighted by molar-refractivity contribution is -0.0512. The summed E-state index contributed by atoms with van der Waals surface area (Å²) < 4.78 is 33.8. The van der Waals surface area contributed by atoms with Crippen molar-refractivity contribution in [1.82, 2.24) is 0 Å². The first-order chi connectivity index (χ1) is 11.0. The van der Waals surface area contributed by atoms with Gasteiger partial charge in [0.25, 0.3) is 0 Å². The van der Waals surface area contributed by atoms with Crippen molar-refractivity contribution >= 4 is 23.5 Å². The van der Waals surface area contributed by atoms with Crippen LogP contribution in [0.4, 0.5) is 8.78 Å². The minimum atomic E-state index is -2.96. The lowest BCUT2D eigenvalue weighted by atomic mass is 10.1. The first-order valence-corrected chi connectivity index (χ1v) is 6.98. The summed E-state index contributed by atoms with van der Waals surface area (Å²) in [6.45, 7) is -2.96. The first-order valence-electron chi connectivity index (χ1n) is 6.60. The third kappa shape index (κ3) is 4.79. The van der Waals surface area contributed by atoms with Crippen molar-refractivity contribution in [3.05, 3.63) is 64.7 Å². The second-order valence-electron chi connectivity index (χ2n) is 4.49. The molecule has 0 saturated heterocycles. The van der Waals surface area contributed by atoms with Gasteiger partial charge in [0.05, 0.1) is 7.11 Å². The Morgan fingerprint density at radius 2 is 1.83 bits per heavy atom. The molecule has 0 aromatic heterocycles. The molecule has 6 heteroatoms. The zero-order valence-corrected chi connectivity index (χ0v) is 12.9. The smallest absolute Gasteiger partial charge is 0.387 e. The second kappa shape index (κ2) is 7.74. The Hall–Kier alpha value is -2.40. The standard InChI is InChI=1S/C17H13ClF2O3/c1-22-16-10-12(5-9-15(16)23-17(19)20)14(21)8-4-11-2-6-13(18)7-3-11/h2-10,17H,1H3. The van der Waals surface area contributed by atoms with E-state index in [9.17, 15) is 13.6 Å². The van der Waals surface area contributed by atoms with E-state index in [0.717, 1.165) is 5.56 Å². The molecular formula is C17H13ClF2O3. The van der Waals surface area contributed by atoms with Crippen molar-refractivity contribution in [3.63, 3.8) is 0 Å². The fourth-order valence-electron chi connectivity index (χ4n) is 1.86. The van der Waals surface area contributed by atoms with Crippen molar-refractivity contribution in [2.24, 2.45) is 0 Å². The Labute approximate surface area is 137 Å². The van der Waals surface area contributed by atoms with Crippen LogP contribution in [-0.4, -0.2) is 19.5 Å². The maximum absolute atomic E-state index is 12.3. The predicted octanol–water partition coefficient (Wildman–Crippen LogP) is 4.85. The molecule has 0 radical (unpaired) electrons. The third-order valence-corrected chi connectivity index (χ3v) is 3.21. The Morgan fingerprint density at radius 1 is 1.13 bits per heavy atom. The average molecular weight is 339 g/mol. The molecule has 0 atom stereocenters. The zero-order chi connectivity index (χ0) is 16.8. The van der Waals surface area contributed by atoms with Crippen LogP contribution in [0, 0.1) is 0 Å². The lowest BCUT2D eigenvalue weighted by Gasteiger charge is -2.10. The molecule has 0 unspecified atom stereocenters. The third-order valence-electron chi connectivity index (χ3n) is 2.96. The maximum atomic E-state index is 12.3. The van der Waals surface area contributed by atoms with Gasteiger partial charge in [0.2, 0.25) is 0 Å². The molecule has 0 bridgehead atoms. The van der Waals surface area contributed by atoms with E-state index in [2.05, 4.69) is 4.74 Å². The topological polar surface area (TPSA) is 35.5 Å². The highest BCUT2D eigenvalue weighted by molar-refractivity contribution is 6.30. The van der Waals surface area contributed by atoms with Gasteiger partial charge in [-0.15, -0.1) is 0 Å². The summed E-state index contributed by atoms with van der Waals surface area (Å²) in [4.78, 5) is 12.1. The number of rotatable bonds is 6. The van der Waals surface area contributed by atoms with Crippen LogP contribution >= 0.6 is 11.6 Å².